The van der Waals surface area contributed by atoms with E-state index in [9.17, 15) is 14.5 Å². The van der Waals surface area contributed by atoms with E-state index in [-0.39, 0.29) is 5.75 Å². The van der Waals surface area contributed by atoms with Gasteiger partial charge in [-0.05, 0) is 30.8 Å². The Bertz CT molecular complexity index is 634. The van der Waals surface area contributed by atoms with Crippen LogP contribution in [0.25, 0.3) is 0 Å². The van der Waals surface area contributed by atoms with Crippen LogP contribution in [0.1, 0.15) is 5.56 Å². The van der Waals surface area contributed by atoms with E-state index in [1.807, 2.05) is 0 Å². The summed E-state index contributed by atoms with van der Waals surface area (Å²) in [6.45, 7) is 0.593. The lowest BCUT2D eigenvalue weighted by Crippen LogP contribution is -2.05. The zero-order valence-corrected chi connectivity index (χ0v) is 10.7. The van der Waals surface area contributed by atoms with Crippen molar-refractivity contribution in [3.05, 3.63) is 58.2 Å². The number of nitrogens with zero attached hydrogens (tertiary/aromatic N) is 2. The second-order valence-corrected chi connectivity index (χ2v) is 4.03. The number of nitro groups is 1. The van der Waals surface area contributed by atoms with E-state index < -0.39 is 16.4 Å². The van der Waals surface area contributed by atoms with Crippen molar-refractivity contribution in [1.82, 2.24) is 10.3 Å². The Balaban J connectivity index is 2.30. The molecule has 0 aliphatic heterocycles. The van der Waals surface area contributed by atoms with E-state index in [2.05, 4.69) is 10.3 Å². The number of nitro benzene ring substituents is 1. The number of halogens is 1. The first-order valence-corrected chi connectivity index (χ1v) is 5.80. The van der Waals surface area contributed by atoms with E-state index in [4.69, 9.17) is 4.74 Å². The fourth-order valence-corrected chi connectivity index (χ4v) is 1.67. The van der Waals surface area contributed by atoms with Crippen molar-refractivity contribution in [2.45, 2.75) is 6.54 Å². The maximum atomic E-state index is 13.0. The molecule has 1 heterocycles. The van der Waals surface area contributed by atoms with Crippen LogP contribution in [0.3, 0.4) is 0 Å². The Labute approximate surface area is 114 Å². The third-order valence-corrected chi connectivity index (χ3v) is 2.50. The van der Waals surface area contributed by atoms with Gasteiger partial charge < -0.3 is 10.1 Å². The van der Waals surface area contributed by atoms with Gasteiger partial charge in [-0.3, -0.25) is 15.1 Å². The third-order valence-electron chi connectivity index (χ3n) is 2.50. The van der Waals surface area contributed by atoms with E-state index in [1.54, 1.807) is 19.3 Å². The molecule has 7 heteroatoms. The zero-order valence-electron chi connectivity index (χ0n) is 10.7. The normalized spacial score (nSPS) is 10.3. The second kappa shape index (κ2) is 6.07. The minimum atomic E-state index is -0.691. The topological polar surface area (TPSA) is 77.3 Å². The molecule has 0 radical (unpaired) electrons. The highest BCUT2D eigenvalue weighted by Gasteiger charge is 2.17. The quantitative estimate of drug-likeness (QED) is 0.671. The molecule has 0 aliphatic carbocycles. The van der Waals surface area contributed by atoms with Gasteiger partial charge in [0.15, 0.2) is 0 Å². The predicted molar refractivity (Wildman–Crippen MR) is 70.1 cm³/mol. The molecule has 0 bridgehead atoms. The number of rotatable bonds is 5. The molecule has 2 rings (SSSR count). The highest BCUT2D eigenvalue weighted by atomic mass is 19.1. The molecule has 0 unspecified atom stereocenters. The fraction of sp³-hybridized carbons (Fsp3) is 0.154. The van der Waals surface area contributed by atoms with Crippen molar-refractivity contribution >= 4 is 5.69 Å². The Hall–Kier alpha value is -2.54. The summed E-state index contributed by atoms with van der Waals surface area (Å²) in [6.07, 6.45) is 3.09. The average molecular weight is 277 g/mol. The molecule has 0 aliphatic rings. The Morgan fingerprint density at radius 1 is 1.40 bits per heavy atom. The minimum Gasteiger partial charge on any atom is -0.448 e. The van der Waals surface area contributed by atoms with Crippen LogP contribution in [0.5, 0.6) is 11.5 Å². The first-order chi connectivity index (χ1) is 9.60. The van der Waals surface area contributed by atoms with Gasteiger partial charge in [-0.25, -0.2) is 4.39 Å². The average Bonchev–Trinajstić information content (AvgIpc) is 2.41. The molecule has 2 aromatic rings. The molecule has 104 valence electrons. The highest BCUT2D eigenvalue weighted by Crippen LogP contribution is 2.31. The van der Waals surface area contributed by atoms with Crippen LogP contribution < -0.4 is 10.1 Å². The molecule has 20 heavy (non-hydrogen) atoms. The number of pyridine rings is 1. The Morgan fingerprint density at radius 2 is 2.20 bits per heavy atom. The molecule has 0 atom stereocenters. The van der Waals surface area contributed by atoms with Gasteiger partial charge in [0.2, 0.25) is 5.75 Å². The molecule has 0 fully saturated rings. The molecular formula is C13H12FN3O3. The Kier molecular flexibility index (Phi) is 4.21. The van der Waals surface area contributed by atoms with Crippen LogP contribution in [0, 0.1) is 15.9 Å². The van der Waals surface area contributed by atoms with Crippen LogP contribution in [0.15, 0.2) is 36.7 Å². The van der Waals surface area contributed by atoms with Crippen LogP contribution in [0.4, 0.5) is 10.1 Å². The largest absolute Gasteiger partial charge is 0.448 e. The number of ether oxygens (including phenoxy) is 1. The van der Waals surface area contributed by atoms with Crippen LogP contribution in [-0.2, 0) is 6.54 Å². The van der Waals surface area contributed by atoms with E-state index in [0.29, 0.717) is 12.3 Å². The first kappa shape index (κ1) is 13.9. The summed E-state index contributed by atoms with van der Waals surface area (Å²) in [5.41, 5.74) is 0.443. The number of benzene rings is 1. The minimum absolute atomic E-state index is 0.0280. The van der Waals surface area contributed by atoms with Crippen molar-refractivity contribution in [2.75, 3.05) is 7.05 Å². The van der Waals surface area contributed by atoms with Gasteiger partial charge in [0.05, 0.1) is 17.2 Å². The maximum Gasteiger partial charge on any atom is 0.314 e. The van der Waals surface area contributed by atoms with Gasteiger partial charge in [0.25, 0.3) is 0 Å². The number of hydrogen-bond acceptors (Lipinski definition) is 5. The number of aromatic nitrogens is 1. The van der Waals surface area contributed by atoms with Crippen LogP contribution in [0.2, 0.25) is 0 Å². The molecule has 0 amide bonds. The summed E-state index contributed by atoms with van der Waals surface area (Å²) < 4.78 is 18.4. The van der Waals surface area contributed by atoms with E-state index >= 15 is 0 Å². The van der Waals surface area contributed by atoms with Crippen molar-refractivity contribution in [2.24, 2.45) is 0 Å². The fourth-order valence-electron chi connectivity index (χ4n) is 1.67. The van der Waals surface area contributed by atoms with Crippen LogP contribution >= 0.6 is 0 Å². The van der Waals surface area contributed by atoms with Crippen molar-refractivity contribution in [3.8, 4) is 11.5 Å². The molecule has 1 N–H and O–H groups in total. The third kappa shape index (κ3) is 3.27. The Morgan fingerprint density at radius 3 is 2.90 bits per heavy atom. The lowest BCUT2D eigenvalue weighted by atomic mass is 10.2. The molecule has 0 spiro atoms. The smallest absolute Gasteiger partial charge is 0.314 e. The summed E-state index contributed by atoms with van der Waals surface area (Å²) in [5, 5.41) is 13.8. The van der Waals surface area contributed by atoms with Crippen molar-refractivity contribution in [1.29, 1.82) is 0 Å². The van der Waals surface area contributed by atoms with Gasteiger partial charge in [0.1, 0.15) is 11.6 Å². The lowest BCUT2D eigenvalue weighted by Gasteiger charge is -2.07. The summed E-state index contributed by atoms with van der Waals surface area (Å²) in [5.74, 6) is -0.363. The van der Waals surface area contributed by atoms with Crippen molar-refractivity contribution < 1.29 is 14.1 Å². The summed E-state index contributed by atoms with van der Waals surface area (Å²) in [7, 11) is 1.79. The predicted octanol–water partition coefficient (Wildman–Crippen LogP) is 2.64. The first-order valence-electron chi connectivity index (χ1n) is 5.80. The van der Waals surface area contributed by atoms with Gasteiger partial charge in [0, 0.05) is 12.7 Å². The van der Waals surface area contributed by atoms with E-state index in [0.717, 1.165) is 17.7 Å². The standard InChI is InChI=1S/C13H12FN3O3/c1-15-6-9-4-11(8-16-7-9)20-13-3-2-10(14)5-12(13)17(18)19/h2-5,7-8,15H,6H2,1H3. The van der Waals surface area contributed by atoms with Gasteiger partial charge >= 0.3 is 5.69 Å². The summed E-state index contributed by atoms with van der Waals surface area (Å²) in [4.78, 5) is 14.2. The lowest BCUT2D eigenvalue weighted by molar-refractivity contribution is -0.385. The summed E-state index contributed by atoms with van der Waals surface area (Å²) in [6, 6.07) is 4.85. The molecule has 0 saturated carbocycles. The zero-order chi connectivity index (χ0) is 14.5. The highest BCUT2D eigenvalue weighted by molar-refractivity contribution is 5.48. The molecular weight excluding hydrogens is 265 g/mol. The van der Waals surface area contributed by atoms with Gasteiger partial charge in [-0.1, -0.05) is 0 Å². The monoisotopic (exact) mass is 277 g/mol. The van der Waals surface area contributed by atoms with Gasteiger partial charge in [-0.2, -0.15) is 0 Å². The van der Waals surface area contributed by atoms with Crippen LogP contribution in [-0.4, -0.2) is 17.0 Å². The number of hydrogen-bond donors (Lipinski definition) is 1. The molecule has 1 aromatic heterocycles. The molecule has 1 aromatic carbocycles. The second-order valence-electron chi connectivity index (χ2n) is 4.03. The number of nitrogens with one attached hydrogen (secondary N) is 1. The van der Waals surface area contributed by atoms with E-state index in [1.165, 1.54) is 12.3 Å². The molecule has 6 nitrogen and oxygen atoms in total. The van der Waals surface area contributed by atoms with Gasteiger partial charge in [-0.15, -0.1) is 0 Å². The SMILES string of the molecule is CNCc1cncc(Oc2ccc(F)cc2[N+](=O)[O-])c1. The molecule has 0 saturated heterocycles. The van der Waals surface area contributed by atoms with Crippen molar-refractivity contribution in [3.63, 3.8) is 0 Å². The summed E-state index contributed by atoms with van der Waals surface area (Å²) >= 11 is 0. The maximum absolute atomic E-state index is 13.0.